The van der Waals surface area contributed by atoms with Crippen molar-refractivity contribution in [1.29, 1.82) is 0 Å². The molecule has 0 atom stereocenters. The summed E-state index contributed by atoms with van der Waals surface area (Å²) in [5, 5.41) is 3.46. The Morgan fingerprint density at radius 3 is 2.82 bits per heavy atom. The van der Waals surface area contributed by atoms with Crippen molar-refractivity contribution in [3.8, 4) is 0 Å². The molecule has 0 spiro atoms. The van der Waals surface area contributed by atoms with Crippen molar-refractivity contribution in [2.45, 2.75) is 38.6 Å². The highest BCUT2D eigenvalue weighted by atomic mass is 16.5. The van der Waals surface area contributed by atoms with Gasteiger partial charge in [-0.1, -0.05) is 18.2 Å². The highest BCUT2D eigenvalue weighted by molar-refractivity contribution is 5.33. The number of hydrogen-bond donors (Lipinski definition) is 1. The van der Waals surface area contributed by atoms with Gasteiger partial charge >= 0.3 is 0 Å². The second-order valence-corrected chi connectivity index (χ2v) is 4.83. The molecule has 0 fully saturated rings. The van der Waals surface area contributed by atoms with E-state index in [-0.39, 0.29) is 0 Å². The number of aryl methyl sites for hydroxylation is 2. The molecule has 1 aliphatic carbocycles. The summed E-state index contributed by atoms with van der Waals surface area (Å²) in [5.41, 5.74) is 4.56. The van der Waals surface area contributed by atoms with Crippen LogP contribution >= 0.6 is 0 Å². The van der Waals surface area contributed by atoms with Crippen molar-refractivity contribution in [2.75, 3.05) is 20.3 Å². The molecule has 0 aliphatic heterocycles. The Balaban J connectivity index is 1.81. The Hall–Kier alpha value is -0.860. The summed E-state index contributed by atoms with van der Waals surface area (Å²) in [6.45, 7) is 2.86. The summed E-state index contributed by atoms with van der Waals surface area (Å²) in [5.74, 6) is 0. The normalized spacial score (nSPS) is 14.6. The van der Waals surface area contributed by atoms with Crippen molar-refractivity contribution in [3.05, 3.63) is 34.9 Å². The molecule has 0 amide bonds. The third-order valence-corrected chi connectivity index (χ3v) is 3.44. The maximum absolute atomic E-state index is 5.03. The lowest BCUT2D eigenvalue weighted by Gasteiger charge is -2.16. The smallest absolute Gasteiger partial charge is 0.0474 e. The number of ether oxygens (including phenoxy) is 1. The maximum atomic E-state index is 5.03. The van der Waals surface area contributed by atoms with Gasteiger partial charge in [0.1, 0.15) is 0 Å². The van der Waals surface area contributed by atoms with E-state index in [1.165, 1.54) is 31.2 Å². The van der Waals surface area contributed by atoms with E-state index in [1.807, 2.05) is 0 Å². The average molecular weight is 233 g/mol. The van der Waals surface area contributed by atoms with E-state index in [1.54, 1.807) is 18.2 Å². The number of methoxy groups -OCH3 is 1. The Morgan fingerprint density at radius 1 is 1.18 bits per heavy atom. The zero-order chi connectivity index (χ0) is 11.9. The molecule has 94 valence electrons. The van der Waals surface area contributed by atoms with Crippen LogP contribution in [0.2, 0.25) is 0 Å². The lowest BCUT2D eigenvalue weighted by molar-refractivity contribution is 0.194. The van der Waals surface area contributed by atoms with Crippen LogP contribution in [0.3, 0.4) is 0 Å². The number of rotatable bonds is 6. The van der Waals surface area contributed by atoms with Gasteiger partial charge in [-0.05, 0) is 55.3 Å². The lowest BCUT2D eigenvalue weighted by atomic mass is 9.90. The summed E-state index contributed by atoms with van der Waals surface area (Å²) in [4.78, 5) is 0. The summed E-state index contributed by atoms with van der Waals surface area (Å²) >= 11 is 0. The molecule has 2 nitrogen and oxygen atoms in total. The van der Waals surface area contributed by atoms with Crippen LogP contribution in [0.1, 0.15) is 36.0 Å². The molecule has 0 saturated heterocycles. The van der Waals surface area contributed by atoms with Gasteiger partial charge in [0.15, 0.2) is 0 Å². The number of benzene rings is 1. The Bertz CT molecular complexity index is 349. The van der Waals surface area contributed by atoms with Crippen LogP contribution < -0.4 is 5.32 Å². The van der Waals surface area contributed by atoms with E-state index in [0.717, 1.165) is 26.1 Å². The van der Waals surface area contributed by atoms with Crippen molar-refractivity contribution in [1.82, 2.24) is 5.32 Å². The van der Waals surface area contributed by atoms with Crippen LogP contribution in [0.25, 0.3) is 0 Å². The van der Waals surface area contributed by atoms with Gasteiger partial charge in [-0.2, -0.15) is 0 Å². The molecule has 1 aromatic carbocycles. The lowest BCUT2D eigenvalue weighted by Crippen LogP contribution is -2.16. The van der Waals surface area contributed by atoms with Gasteiger partial charge in [-0.15, -0.1) is 0 Å². The number of nitrogens with one attached hydrogen (secondary N) is 1. The highest BCUT2D eigenvalue weighted by Crippen LogP contribution is 2.22. The van der Waals surface area contributed by atoms with E-state index < -0.39 is 0 Å². The predicted molar refractivity (Wildman–Crippen MR) is 71.3 cm³/mol. The van der Waals surface area contributed by atoms with Crippen molar-refractivity contribution in [3.63, 3.8) is 0 Å². The first kappa shape index (κ1) is 12.6. The molecule has 1 aliphatic rings. The molecule has 0 heterocycles. The zero-order valence-corrected chi connectivity index (χ0v) is 10.8. The Kier molecular flexibility index (Phi) is 5.02. The van der Waals surface area contributed by atoms with E-state index >= 15 is 0 Å². The molecule has 0 aromatic heterocycles. The van der Waals surface area contributed by atoms with Gasteiger partial charge in [0.25, 0.3) is 0 Å². The van der Waals surface area contributed by atoms with Gasteiger partial charge in [0, 0.05) is 20.3 Å². The van der Waals surface area contributed by atoms with Gasteiger partial charge in [-0.25, -0.2) is 0 Å². The highest BCUT2D eigenvalue weighted by Gasteiger charge is 2.08. The van der Waals surface area contributed by atoms with E-state index in [2.05, 4.69) is 23.5 Å². The fourth-order valence-electron chi connectivity index (χ4n) is 2.47. The van der Waals surface area contributed by atoms with E-state index in [9.17, 15) is 0 Å². The quantitative estimate of drug-likeness (QED) is 0.763. The standard InChI is InChI=1S/C15H23NO/c1-17-10-4-9-16-12-13-7-8-14-5-2-3-6-15(14)11-13/h7-8,11,16H,2-6,9-10,12H2,1H3. The minimum absolute atomic E-state index is 0.844. The first-order chi connectivity index (χ1) is 8.40. The minimum Gasteiger partial charge on any atom is -0.385 e. The largest absolute Gasteiger partial charge is 0.385 e. The van der Waals surface area contributed by atoms with Crippen LogP contribution in [0.5, 0.6) is 0 Å². The third-order valence-electron chi connectivity index (χ3n) is 3.44. The van der Waals surface area contributed by atoms with Gasteiger partial charge in [0.05, 0.1) is 0 Å². The molecule has 0 radical (unpaired) electrons. The summed E-state index contributed by atoms with van der Waals surface area (Å²) < 4.78 is 5.03. The molecule has 1 N–H and O–H groups in total. The van der Waals surface area contributed by atoms with Crippen LogP contribution in [0.4, 0.5) is 0 Å². The molecule has 2 rings (SSSR count). The van der Waals surface area contributed by atoms with Crippen molar-refractivity contribution >= 4 is 0 Å². The Labute approximate surface area is 104 Å². The second kappa shape index (κ2) is 6.77. The number of fused-ring (bicyclic) bond motifs is 1. The SMILES string of the molecule is COCCCNCc1ccc2c(c1)CCCC2. The molecule has 0 saturated carbocycles. The minimum atomic E-state index is 0.844. The summed E-state index contributed by atoms with van der Waals surface area (Å²) in [6.07, 6.45) is 6.35. The van der Waals surface area contributed by atoms with Gasteiger partial charge < -0.3 is 10.1 Å². The van der Waals surface area contributed by atoms with Crippen LogP contribution in [0, 0.1) is 0 Å². The second-order valence-electron chi connectivity index (χ2n) is 4.83. The topological polar surface area (TPSA) is 21.3 Å². The maximum Gasteiger partial charge on any atom is 0.0474 e. The third kappa shape index (κ3) is 3.83. The zero-order valence-electron chi connectivity index (χ0n) is 10.8. The first-order valence-corrected chi connectivity index (χ1v) is 6.70. The van der Waals surface area contributed by atoms with E-state index in [4.69, 9.17) is 4.74 Å². The molecule has 0 bridgehead atoms. The molecular formula is C15H23NO. The summed E-state index contributed by atoms with van der Waals surface area (Å²) in [6, 6.07) is 6.98. The molecule has 2 heteroatoms. The monoisotopic (exact) mass is 233 g/mol. The molecule has 1 aromatic rings. The van der Waals surface area contributed by atoms with Crippen LogP contribution in [-0.2, 0) is 24.1 Å². The first-order valence-electron chi connectivity index (χ1n) is 6.70. The predicted octanol–water partition coefficient (Wildman–Crippen LogP) is 2.69. The van der Waals surface area contributed by atoms with Crippen LogP contribution in [-0.4, -0.2) is 20.3 Å². The van der Waals surface area contributed by atoms with E-state index in [0.29, 0.717) is 0 Å². The van der Waals surface area contributed by atoms with Crippen molar-refractivity contribution in [2.24, 2.45) is 0 Å². The molecule has 17 heavy (non-hydrogen) atoms. The van der Waals surface area contributed by atoms with Gasteiger partial charge in [0.2, 0.25) is 0 Å². The Morgan fingerprint density at radius 2 is 2.00 bits per heavy atom. The molecular weight excluding hydrogens is 210 g/mol. The number of hydrogen-bond acceptors (Lipinski definition) is 2. The fraction of sp³-hybridized carbons (Fsp3) is 0.600. The van der Waals surface area contributed by atoms with Gasteiger partial charge in [-0.3, -0.25) is 0 Å². The van der Waals surface area contributed by atoms with Crippen LogP contribution in [0.15, 0.2) is 18.2 Å². The van der Waals surface area contributed by atoms with Crippen molar-refractivity contribution < 1.29 is 4.74 Å². The average Bonchev–Trinajstić information content (AvgIpc) is 2.38. The summed E-state index contributed by atoms with van der Waals surface area (Å²) in [7, 11) is 1.75. The molecule has 0 unspecified atom stereocenters. The fourth-order valence-corrected chi connectivity index (χ4v) is 2.47.